The van der Waals surface area contributed by atoms with Crippen molar-refractivity contribution in [2.75, 3.05) is 13.1 Å². The zero-order valence-electron chi connectivity index (χ0n) is 24.2. The summed E-state index contributed by atoms with van der Waals surface area (Å²) in [5.74, 6) is 1.77. The van der Waals surface area contributed by atoms with Crippen LogP contribution in [0.5, 0.6) is 0 Å². The van der Waals surface area contributed by atoms with Crippen molar-refractivity contribution in [3.05, 3.63) is 129 Å². The molecule has 218 valence electrons. The van der Waals surface area contributed by atoms with Crippen LogP contribution < -0.4 is 19.9 Å². The lowest BCUT2D eigenvalue weighted by atomic mass is 9.95. The van der Waals surface area contributed by atoms with Gasteiger partial charge >= 0.3 is 7.54 Å². The largest absolute Gasteiger partial charge is 1.00 e. The number of aryl methyl sites for hydroxylation is 4. The van der Waals surface area contributed by atoms with E-state index in [0.29, 0.717) is 0 Å². The predicted octanol–water partition coefficient (Wildman–Crippen LogP) is 3.90. The fourth-order valence-electron chi connectivity index (χ4n) is 5.86. The Labute approximate surface area is 245 Å². The van der Waals surface area contributed by atoms with Gasteiger partial charge in [0.25, 0.3) is 0 Å². The van der Waals surface area contributed by atoms with Gasteiger partial charge in [0.2, 0.25) is 5.36 Å². The Morgan fingerprint density at radius 1 is 0.762 bits per heavy atom. The minimum atomic E-state index is -3.67. The van der Waals surface area contributed by atoms with Crippen LogP contribution in [0.4, 0.5) is 12.9 Å². The molecule has 3 aromatic carbocycles. The van der Waals surface area contributed by atoms with Gasteiger partial charge in [0.1, 0.15) is 24.6 Å². The second-order valence-corrected chi connectivity index (χ2v) is 10.7. The molecule has 2 nitrogen and oxygen atoms in total. The number of allylic oxidation sites excluding steroid dienone is 4. The molecule has 0 atom stereocenters. The highest BCUT2D eigenvalue weighted by atomic mass is 19.4. The first kappa shape index (κ1) is 31.1. The van der Waals surface area contributed by atoms with Crippen molar-refractivity contribution in [3.63, 3.8) is 0 Å². The Kier molecular flexibility index (Phi) is 10.6. The molecule has 0 aliphatic carbocycles. The van der Waals surface area contributed by atoms with Gasteiger partial charge in [-0.3, -0.25) is 12.9 Å². The van der Waals surface area contributed by atoms with Crippen molar-refractivity contribution in [2.45, 2.75) is 52.4 Å². The first-order valence-electron chi connectivity index (χ1n) is 14.6. The number of nitrogens with zero attached hydrogens (tertiary/aromatic N) is 1. The average molecular weight is 573 g/mol. The summed E-state index contributed by atoms with van der Waals surface area (Å²) in [7, 11) is -3.67. The van der Waals surface area contributed by atoms with E-state index in [4.69, 9.17) is 4.74 Å². The van der Waals surface area contributed by atoms with Gasteiger partial charge in [-0.1, -0.05) is 68.5 Å². The lowest BCUT2D eigenvalue weighted by Gasteiger charge is -2.19. The molecule has 3 heterocycles. The summed E-state index contributed by atoms with van der Waals surface area (Å²) in [5, 5.41) is 2.80. The van der Waals surface area contributed by atoms with E-state index in [0.717, 1.165) is 29.9 Å². The lowest BCUT2D eigenvalue weighted by Crippen LogP contribution is -3.00. The average Bonchev–Trinajstić information content (AvgIpc) is 3.00. The third kappa shape index (κ3) is 7.50. The van der Waals surface area contributed by atoms with Crippen molar-refractivity contribution < 1.29 is 22.4 Å². The van der Waals surface area contributed by atoms with Crippen LogP contribution in [0.3, 0.4) is 0 Å². The van der Waals surface area contributed by atoms with Gasteiger partial charge < -0.3 is 9.44 Å². The van der Waals surface area contributed by atoms with Crippen LogP contribution in [0.1, 0.15) is 60.1 Å². The third-order valence-corrected chi connectivity index (χ3v) is 7.95. The summed E-state index contributed by atoms with van der Waals surface area (Å²) >= 11 is 0. The van der Waals surface area contributed by atoms with Crippen LogP contribution in [0.25, 0.3) is 17.4 Å². The molecule has 0 saturated heterocycles. The fourth-order valence-corrected chi connectivity index (χ4v) is 5.86. The molecule has 3 aromatic rings. The third-order valence-electron chi connectivity index (χ3n) is 7.95. The van der Waals surface area contributed by atoms with Crippen LogP contribution in [0.15, 0.2) is 84.7 Å². The van der Waals surface area contributed by atoms with Crippen molar-refractivity contribution in [3.8, 4) is 0 Å². The van der Waals surface area contributed by atoms with Crippen LogP contribution >= 0.6 is 0 Å². The van der Waals surface area contributed by atoms with Crippen LogP contribution in [0, 0.1) is 0 Å². The molecule has 42 heavy (non-hydrogen) atoms. The molecular weight excluding hydrogens is 537 g/mol. The van der Waals surface area contributed by atoms with Gasteiger partial charge in [-0.15, -0.1) is 0 Å². The van der Waals surface area contributed by atoms with Crippen molar-refractivity contribution in [1.82, 2.24) is 4.58 Å². The quantitative estimate of drug-likeness (QED) is 0.257. The second kappa shape index (κ2) is 14.3. The van der Waals surface area contributed by atoms with Crippen molar-refractivity contribution in [2.24, 2.45) is 0 Å². The highest BCUT2D eigenvalue weighted by molar-refractivity contribution is 6.33. The van der Waals surface area contributed by atoms with E-state index in [1.165, 1.54) is 82.7 Å². The molecule has 0 radical (unpaired) electrons. The molecule has 0 saturated carbocycles. The Morgan fingerprint density at radius 2 is 1.29 bits per heavy atom. The Hall–Kier alpha value is -3.87. The van der Waals surface area contributed by atoms with Crippen LogP contribution in [0.2, 0.25) is 0 Å². The van der Waals surface area contributed by atoms with E-state index in [1.807, 2.05) is 0 Å². The van der Waals surface area contributed by atoms with Gasteiger partial charge in [0.15, 0.2) is 0 Å². The molecule has 3 aliphatic rings. The number of rotatable bonds is 5. The van der Waals surface area contributed by atoms with Gasteiger partial charge in [0.05, 0.1) is 0 Å². The van der Waals surface area contributed by atoms with E-state index < -0.39 is 7.54 Å². The van der Waals surface area contributed by atoms with Crippen LogP contribution in [-0.2, 0) is 30.4 Å². The number of halogens is 4. The first-order valence-corrected chi connectivity index (χ1v) is 14.6. The number of benzene rings is 3. The topological polar surface area (TPSA) is 12.2 Å². The minimum Gasteiger partial charge on any atom is -1.00 e. The summed E-state index contributed by atoms with van der Waals surface area (Å²) in [6, 6.07) is 22.5. The molecular formula is C35H36BF4NO. The summed E-state index contributed by atoms with van der Waals surface area (Å²) in [6.07, 6.45) is 15.7. The predicted molar refractivity (Wildman–Crippen MR) is 164 cm³/mol. The summed E-state index contributed by atoms with van der Waals surface area (Å²) < 4.78 is 38.1. The molecule has 0 amide bonds. The maximum Gasteiger partial charge on any atom is 0.762 e. The van der Waals surface area contributed by atoms with Gasteiger partial charge in [-0.25, -0.2) is 4.58 Å². The summed E-state index contributed by atoms with van der Waals surface area (Å²) in [4.78, 5) is 0. The molecule has 0 spiro atoms. The smallest absolute Gasteiger partial charge is 0.762 e. The first-order chi connectivity index (χ1) is 19.9. The molecule has 3 aliphatic heterocycles. The Morgan fingerprint density at radius 3 is 1.81 bits per heavy atom. The summed E-state index contributed by atoms with van der Waals surface area (Å²) in [5.41, 5.74) is 9.23. The maximum absolute atomic E-state index is 9.67. The van der Waals surface area contributed by atoms with Gasteiger partial charge in [-0.2, -0.15) is 0 Å². The maximum atomic E-state index is 9.67. The Balaban J connectivity index is 0.000000763. The minimum absolute atomic E-state index is 0. The number of hydrogen-bond donors (Lipinski definition) is 0. The lowest BCUT2D eigenvalue weighted by molar-refractivity contribution is -0.0000116. The standard InChI is InChI=1S/C35H36NO.BF3.FH/c1-3-25-9-14-28(15-10-25)32-23-33(37-34(24-32)29-16-11-26(4-2)12-17-29)18-13-27-21-30-7-5-19-36-20-6-8-31(22-27)35(30)36;2-1(3)4;/h9-18,21-24H,3-8,19-20H2,1-2H3;;1H/q+1;;/p-1. The van der Waals surface area contributed by atoms with Gasteiger partial charge in [-0.05, 0) is 83.5 Å². The molecule has 0 unspecified atom stereocenters. The monoisotopic (exact) mass is 573 g/mol. The van der Waals surface area contributed by atoms with E-state index in [-0.39, 0.29) is 4.70 Å². The molecule has 0 fully saturated rings. The zero-order valence-corrected chi connectivity index (χ0v) is 24.2. The van der Waals surface area contributed by atoms with Crippen molar-refractivity contribution >= 4 is 25.0 Å². The molecule has 0 bridgehead atoms. The number of hydrogen-bond acceptors (Lipinski definition) is 1. The fraction of sp³-hybridized carbons (Fsp3) is 0.286. The van der Waals surface area contributed by atoms with Gasteiger partial charge in [0, 0.05) is 29.5 Å². The number of ether oxygens (including phenoxy) is 1. The molecule has 0 N–H and O–H groups in total. The molecule has 6 rings (SSSR count). The van der Waals surface area contributed by atoms with Crippen LogP contribution in [-0.4, -0.2) is 20.6 Å². The second-order valence-electron chi connectivity index (χ2n) is 10.7. The van der Waals surface area contributed by atoms with E-state index in [1.54, 1.807) is 0 Å². The van der Waals surface area contributed by atoms with E-state index in [2.05, 4.69) is 103 Å². The highest BCUT2D eigenvalue weighted by Gasteiger charge is 2.23. The van der Waals surface area contributed by atoms with E-state index in [9.17, 15) is 12.9 Å². The normalized spacial score (nSPS) is 16.1. The highest BCUT2D eigenvalue weighted by Crippen LogP contribution is 2.32. The Bertz CT molecular complexity index is 1560. The SMILES string of the molecule is CCc1ccc(C2=CC(=CC=c3cc4c5c(c3)CCC[N+]=5CCC4)OC(c3ccc(CC)cc3)=C2)cc1.FB(F)F.[F-]. The summed E-state index contributed by atoms with van der Waals surface area (Å²) in [6.45, 7) is 6.81. The van der Waals surface area contributed by atoms with Crippen molar-refractivity contribution in [1.29, 1.82) is 0 Å². The molecule has 0 aromatic heterocycles. The molecule has 7 heteroatoms. The van der Waals surface area contributed by atoms with E-state index >= 15 is 0 Å². The zero-order chi connectivity index (χ0) is 28.8.